The zero-order chi connectivity index (χ0) is 9.42. The largest absolute Gasteiger partial charge is 0.228 e. The highest BCUT2D eigenvalue weighted by molar-refractivity contribution is 5.22. The van der Waals surface area contributed by atoms with Crippen LogP contribution in [0.15, 0.2) is 18.3 Å². The topological polar surface area (TPSA) is 12.9 Å². The van der Waals surface area contributed by atoms with Gasteiger partial charge in [0.2, 0.25) is 5.95 Å². The zero-order valence-corrected chi connectivity index (χ0v) is 8.00. The van der Waals surface area contributed by atoms with E-state index in [0.29, 0.717) is 5.92 Å². The molecule has 0 radical (unpaired) electrons. The summed E-state index contributed by atoms with van der Waals surface area (Å²) < 4.78 is 12.5. The number of rotatable bonds is 2. The van der Waals surface area contributed by atoms with Crippen LogP contribution in [-0.4, -0.2) is 4.98 Å². The third-order valence-electron chi connectivity index (χ3n) is 2.87. The van der Waals surface area contributed by atoms with Crippen molar-refractivity contribution in [2.45, 2.75) is 26.2 Å². The molecular weight excluding hydrogens is 165 g/mol. The molecule has 0 bridgehead atoms. The maximum absolute atomic E-state index is 12.5. The lowest BCUT2D eigenvalue weighted by Gasteiger charge is -2.02. The summed E-state index contributed by atoms with van der Waals surface area (Å²) in [6.45, 7) is 4.48. The Kier molecular flexibility index (Phi) is 2.06. The summed E-state index contributed by atoms with van der Waals surface area (Å²) in [6, 6.07) is 3.31. The van der Waals surface area contributed by atoms with E-state index in [9.17, 15) is 4.39 Å². The third kappa shape index (κ3) is 1.71. The van der Waals surface area contributed by atoms with Gasteiger partial charge in [0.15, 0.2) is 0 Å². The van der Waals surface area contributed by atoms with E-state index in [2.05, 4.69) is 18.8 Å². The van der Waals surface area contributed by atoms with E-state index >= 15 is 0 Å². The molecule has 1 fully saturated rings. The Balaban J connectivity index is 2.08. The number of halogens is 1. The molecule has 0 N–H and O–H groups in total. The van der Waals surface area contributed by atoms with Gasteiger partial charge in [-0.15, -0.1) is 0 Å². The average Bonchev–Trinajstić information content (AvgIpc) is 2.85. The van der Waals surface area contributed by atoms with Crippen LogP contribution in [0.2, 0.25) is 0 Å². The van der Waals surface area contributed by atoms with Crippen molar-refractivity contribution in [1.29, 1.82) is 0 Å². The molecule has 2 atom stereocenters. The second-order valence-electron chi connectivity index (χ2n) is 4.16. The summed E-state index contributed by atoms with van der Waals surface area (Å²) in [4.78, 5) is 3.67. The Morgan fingerprint density at radius 3 is 2.69 bits per heavy atom. The van der Waals surface area contributed by atoms with Crippen LogP contribution in [0.1, 0.15) is 31.7 Å². The van der Waals surface area contributed by atoms with Crippen molar-refractivity contribution >= 4 is 0 Å². The standard InChI is InChI=1S/C11H14FN/c1-7(2)9-5-10(9)8-3-4-11(12)13-6-8/h3-4,6-7,9-10H,5H2,1-2H3/t9-,10-/m0/s1. The molecule has 2 heteroatoms. The normalized spacial score (nSPS) is 26.5. The molecule has 0 unspecified atom stereocenters. The molecule has 1 heterocycles. The van der Waals surface area contributed by atoms with Gasteiger partial charge in [0.05, 0.1) is 0 Å². The fraction of sp³-hybridized carbons (Fsp3) is 0.545. The van der Waals surface area contributed by atoms with E-state index in [-0.39, 0.29) is 5.95 Å². The van der Waals surface area contributed by atoms with Crippen LogP contribution < -0.4 is 0 Å². The number of hydrogen-bond donors (Lipinski definition) is 0. The van der Waals surface area contributed by atoms with Crippen molar-refractivity contribution in [3.05, 3.63) is 29.8 Å². The predicted octanol–water partition coefficient (Wildman–Crippen LogP) is 2.98. The van der Waals surface area contributed by atoms with Crippen molar-refractivity contribution < 1.29 is 4.39 Å². The fourth-order valence-electron chi connectivity index (χ4n) is 1.94. The van der Waals surface area contributed by atoms with E-state index in [4.69, 9.17) is 0 Å². The smallest absolute Gasteiger partial charge is 0.212 e. The summed E-state index contributed by atoms with van der Waals surface area (Å²) in [7, 11) is 0. The van der Waals surface area contributed by atoms with Crippen LogP contribution in [0.5, 0.6) is 0 Å². The van der Waals surface area contributed by atoms with Gasteiger partial charge >= 0.3 is 0 Å². The molecule has 0 saturated heterocycles. The number of pyridine rings is 1. The van der Waals surface area contributed by atoms with Gasteiger partial charge in [-0.05, 0) is 35.8 Å². The predicted molar refractivity (Wildman–Crippen MR) is 49.9 cm³/mol. The number of aromatic nitrogens is 1. The van der Waals surface area contributed by atoms with Gasteiger partial charge in [-0.2, -0.15) is 4.39 Å². The van der Waals surface area contributed by atoms with Crippen LogP contribution in [0.3, 0.4) is 0 Å². The summed E-state index contributed by atoms with van der Waals surface area (Å²) in [5.74, 6) is 1.76. The molecule has 1 aromatic rings. The van der Waals surface area contributed by atoms with Crippen molar-refractivity contribution in [3.8, 4) is 0 Å². The van der Waals surface area contributed by atoms with Crippen molar-refractivity contribution in [2.24, 2.45) is 11.8 Å². The molecule has 0 spiro atoms. The third-order valence-corrected chi connectivity index (χ3v) is 2.87. The van der Waals surface area contributed by atoms with Gasteiger partial charge in [0, 0.05) is 6.20 Å². The maximum atomic E-state index is 12.5. The summed E-state index contributed by atoms with van der Waals surface area (Å²) in [5, 5.41) is 0. The van der Waals surface area contributed by atoms with Crippen LogP contribution >= 0.6 is 0 Å². The molecule has 70 valence electrons. The molecule has 1 aromatic heterocycles. The highest BCUT2D eigenvalue weighted by Gasteiger charge is 2.40. The lowest BCUT2D eigenvalue weighted by molar-refractivity contribution is 0.546. The first kappa shape index (κ1) is 8.67. The average molecular weight is 179 g/mol. The summed E-state index contributed by atoms with van der Waals surface area (Å²) >= 11 is 0. The Hall–Kier alpha value is -0.920. The van der Waals surface area contributed by atoms with Gasteiger partial charge in [-0.25, -0.2) is 4.98 Å². The Morgan fingerprint density at radius 2 is 2.23 bits per heavy atom. The van der Waals surface area contributed by atoms with E-state index in [1.807, 2.05) is 6.07 Å². The van der Waals surface area contributed by atoms with Crippen LogP contribution in [0, 0.1) is 17.8 Å². The van der Waals surface area contributed by atoms with Crippen LogP contribution in [-0.2, 0) is 0 Å². The minimum absolute atomic E-state index is 0.384. The van der Waals surface area contributed by atoms with Crippen LogP contribution in [0.4, 0.5) is 4.39 Å². The quantitative estimate of drug-likeness (QED) is 0.636. The summed E-state index contributed by atoms with van der Waals surface area (Å²) in [6.07, 6.45) is 2.91. The van der Waals surface area contributed by atoms with Gasteiger partial charge in [-0.1, -0.05) is 19.9 Å². The summed E-state index contributed by atoms with van der Waals surface area (Å²) in [5.41, 5.74) is 1.19. The SMILES string of the molecule is CC(C)[C@@H]1C[C@H]1c1ccc(F)nc1. The molecule has 0 aromatic carbocycles. The molecule has 1 saturated carbocycles. The highest BCUT2D eigenvalue weighted by atomic mass is 19.1. The Morgan fingerprint density at radius 1 is 1.46 bits per heavy atom. The minimum Gasteiger partial charge on any atom is -0.228 e. The molecular formula is C11H14FN. The van der Waals surface area contributed by atoms with Crippen molar-refractivity contribution in [3.63, 3.8) is 0 Å². The number of hydrogen-bond acceptors (Lipinski definition) is 1. The highest BCUT2D eigenvalue weighted by Crippen LogP contribution is 2.51. The van der Waals surface area contributed by atoms with Crippen molar-refractivity contribution in [1.82, 2.24) is 4.98 Å². The molecule has 0 amide bonds. The number of nitrogens with zero attached hydrogens (tertiary/aromatic N) is 1. The van der Waals surface area contributed by atoms with E-state index in [1.165, 1.54) is 18.1 Å². The first-order valence-electron chi connectivity index (χ1n) is 4.80. The first-order valence-corrected chi connectivity index (χ1v) is 4.80. The van der Waals surface area contributed by atoms with E-state index < -0.39 is 0 Å². The second kappa shape index (κ2) is 3.09. The molecule has 1 aliphatic rings. The molecule has 1 nitrogen and oxygen atoms in total. The lowest BCUT2D eigenvalue weighted by Crippen LogP contribution is -1.93. The monoisotopic (exact) mass is 179 g/mol. The minimum atomic E-state index is -0.384. The maximum Gasteiger partial charge on any atom is 0.212 e. The Bertz CT molecular complexity index is 291. The van der Waals surface area contributed by atoms with E-state index in [1.54, 1.807) is 6.20 Å². The van der Waals surface area contributed by atoms with Crippen molar-refractivity contribution in [2.75, 3.05) is 0 Å². The van der Waals surface area contributed by atoms with E-state index in [0.717, 1.165) is 11.8 Å². The second-order valence-corrected chi connectivity index (χ2v) is 4.16. The van der Waals surface area contributed by atoms with Gasteiger partial charge in [0.1, 0.15) is 0 Å². The molecule has 1 aliphatic carbocycles. The van der Waals surface area contributed by atoms with Gasteiger partial charge in [-0.3, -0.25) is 0 Å². The molecule has 0 aliphatic heterocycles. The molecule has 2 rings (SSSR count). The first-order chi connectivity index (χ1) is 6.18. The zero-order valence-electron chi connectivity index (χ0n) is 8.00. The van der Waals surface area contributed by atoms with Gasteiger partial charge < -0.3 is 0 Å². The molecule has 13 heavy (non-hydrogen) atoms. The van der Waals surface area contributed by atoms with Crippen LogP contribution in [0.25, 0.3) is 0 Å². The fourth-order valence-corrected chi connectivity index (χ4v) is 1.94. The lowest BCUT2D eigenvalue weighted by atomic mass is 10.0. The Labute approximate surface area is 78.0 Å². The van der Waals surface area contributed by atoms with Gasteiger partial charge in [0.25, 0.3) is 0 Å².